The lowest BCUT2D eigenvalue weighted by Gasteiger charge is -2.10. The molecule has 0 spiro atoms. The molecular formula is C11H12N4O2S. The first-order valence-electron chi connectivity index (χ1n) is 5.61. The predicted octanol–water partition coefficient (Wildman–Crippen LogP) is 2.17. The fraction of sp³-hybridized carbons (Fsp3) is 0.455. The van der Waals surface area contributed by atoms with Gasteiger partial charge in [0, 0.05) is 18.0 Å². The molecule has 7 heteroatoms. The molecule has 6 nitrogen and oxygen atoms in total. The Morgan fingerprint density at radius 2 is 2.56 bits per heavy atom. The van der Waals surface area contributed by atoms with Crippen LogP contribution in [0.4, 0.5) is 11.5 Å². The standard InChI is InChI=1S/C11H12N4O2S/c12-6-8-3-4-13-11(10(8)15(16)17)14-7-9-2-1-5-18-9/h3-4,9H,1-2,5,7H2,(H,13,14). The van der Waals surface area contributed by atoms with Crippen LogP contribution in [0.5, 0.6) is 0 Å². The van der Waals surface area contributed by atoms with Crippen molar-refractivity contribution in [3.05, 3.63) is 27.9 Å². The molecule has 94 valence electrons. The van der Waals surface area contributed by atoms with Crippen molar-refractivity contribution in [3.63, 3.8) is 0 Å². The number of pyridine rings is 1. The molecule has 1 aromatic heterocycles. The summed E-state index contributed by atoms with van der Waals surface area (Å²) >= 11 is 1.86. The van der Waals surface area contributed by atoms with Crippen molar-refractivity contribution in [3.8, 4) is 6.07 Å². The molecule has 1 aliphatic rings. The first kappa shape index (κ1) is 12.6. The Kier molecular flexibility index (Phi) is 3.99. The SMILES string of the molecule is N#Cc1ccnc(NCC2CCCS2)c1[N+](=O)[O-]. The Bertz CT molecular complexity index is 494. The summed E-state index contributed by atoms with van der Waals surface area (Å²) in [6.07, 6.45) is 3.71. The molecule has 0 amide bonds. The van der Waals surface area contributed by atoms with Gasteiger partial charge in [0.25, 0.3) is 0 Å². The third-order valence-electron chi connectivity index (χ3n) is 2.75. The lowest BCUT2D eigenvalue weighted by molar-refractivity contribution is -0.384. The first-order valence-corrected chi connectivity index (χ1v) is 6.66. The van der Waals surface area contributed by atoms with Crippen LogP contribution in [0.3, 0.4) is 0 Å². The van der Waals surface area contributed by atoms with E-state index in [4.69, 9.17) is 5.26 Å². The number of aromatic nitrogens is 1. The third-order valence-corrected chi connectivity index (χ3v) is 4.15. The molecule has 2 rings (SSSR count). The topological polar surface area (TPSA) is 91.8 Å². The van der Waals surface area contributed by atoms with Gasteiger partial charge in [0.1, 0.15) is 11.6 Å². The van der Waals surface area contributed by atoms with Gasteiger partial charge in [0.15, 0.2) is 0 Å². The fourth-order valence-corrected chi connectivity index (χ4v) is 3.08. The van der Waals surface area contributed by atoms with Gasteiger partial charge in [-0.25, -0.2) is 4.98 Å². The second kappa shape index (κ2) is 5.69. The minimum absolute atomic E-state index is 0.0385. The van der Waals surface area contributed by atoms with Gasteiger partial charge in [-0.3, -0.25) is 10.1 Å². The molecule has 0 aliphatic carbocycles. The van der Waals surface area contributed by atoms with Crippen LogP contribution in [0.2, 0.25) is 0 Å². The van der Waals surface area contributed by atoms with E-state index in [1.807, 2.05) is 17.8 Å². The fourth-order valence-electron chi connectivity index (χ4n) is 1.87. The number of thioether (sulfide) groups is 1. The summed E-state index contributed by atoms with van der Waals surface area (Å²) in [5, 5.41) is 23.3. The molecule has 0 saturated carbocycles. The molecular weight excluding hydrogens is 252 g/mol. The van der Waals surface area contributed by atoms with Gasteiger partial charge in [-0.15, -0.1) is 0 Å². The van der Waals surface area contributed by atoms with Crippen molar-refractivity contribution in [2.45, 2.75) is 18.1 Å². The van der Waals surface area contributed by atoms with E-state index in [0.717, 1.165) is 12.2 Å². The Hall–Kier alpha value is -1.81. The monoisotopic (exact) mass is 264 g/mol. The quantitative estimate of drug-likeness (QED) is 0.661. The molecule has 18 heavy (non-hydrogen) atoms. The Morgan fingerprint density at radius 1 is 1.72 bits per heavy atom. The summed E-state index contributed by atoms with van der Waals surface area (Å²) in [6, 6.07) is 3.17. The molecule has 1 aliphatic heterocycles. The van der Waals surface area contributed by atoms with E-state index in [1.165, 1.54) is 18.7 Å². The minimum atomic E-state index is -0.560. The normalized spacial score (nSPS) is 18.3. The van der Waals surface area contributed by atoms with Crippen molar-refractivity contribution < 1.29 is 4.92 Å². The zero-order valence-electron chi connectivity index (χ0n) is 9.63. The number of nitrogens with zero attached hydrogens (tertiary/aromatic N) is 3. The predicted molar refractivity (Wildman–Crippen MR) is 69.6 cm³/mol. The van der Waals surface area contributed by atoms with E-state index in [0.29, 0.717) is 11.8 Å². The van der Waals surface area contributed by atoms with Gasteiger partial charge in [0.2, 0.25) is 5.82 Å². The summed E-state index contributed by atoms with van der Waals surface area (Å²) in [7, 11) is 0. The van der Waals surface area contributed by atoms with Gasteiger partial charge in [-0.1, -0.05) is 0 Å². The van der Waals surface area contributed by atoms with Crippen LogP contribution >= 0.6 is 11.8 Å². The van der Waals surface area contributed by atoms with Crippen LogP contribution in [-0.4, -0.2) is 27.5 Å². The summed E-state index contributed by atoms with van der Waals surface area (Å²) in [5.41, 5.74) is -0.195. The Balaban J connectivity index is 2.16. The maximum Gasteiger partial charge on any atom is 0.328 e. The lowest BCUT2D eigenvalue weighted by atomic mass is 10.2. The van der Waals surface area contributed by atoms with Gasteiger partial charge in [0.05, 0.1) is 4.92 Å². The maximum atomic E-state index is 11.0. The second-order valence-electron chi connectivity index (χ2n) is 3.94. The highest BCUT2D eigenvalue weighted by Gasteiger charge is 2.22. The first-order chi connectivity index (χ1) is 8.72. The zero-order valence-corrected chi connectivity index (χ0v) is 10.4. The zero-order chi connectivity index (χ0) is 13.0. The largest absolute Gasteiger partial charge is 0.363 e. The number of rotatable bonds is 4. The summed E-state index contributed by atoms with van der Waals surface area (Å²) in [4.78, 5) is 14.4. The number of nitro groups is 1. The Morgan fingerprint density at radius 3 is 3.17 bits per heavy atom. The van der Waals surface area contributed by atoms with Crippen molar-refractivity contribution in [1.29, 1.82) is 5.26 Å². The van der Waals surface area contributed by atoms with E-state index < -0.39 is 4.92 Å². The van der Waals surface area contributed by atoms with Crippen molar-refractivity contribution in [2.24, 2.45) is 0 Å². The van der Waals surface area contributed by atoms with Crippen molar-refractivity contribution >= 4 is 23.3 Å². The molecule has 1 atom stereocenters. The molecule has 1 fully saturated rings. The molecule has 0 aromatic carbocycles. The number of anilines is 1. The highest BCUT2D eigenvalue weighted by Crippen LogP contribution is 2.29. The minimum Gasteiger partial charge on any atom is -0.363 e. The molecule has 1 aromatic rings. The molecule has 1 unspecified atom stereocenters. The highest BCUT2D eigenvalue weighted by molar-refractivity contribution is 8.00. The average molecular weight is 264 g/mol. The molecule has 0 bridgehead atoms. The average Bonchev–Trinajstić information content (AvgIpc) is 2.88. The van der Waals surface area contributed by atoms with Crippen LogP contribution < -0.4 is 5.32 Å². The molecule has 2 heterocycles. The van der Waals surface area contributed by atoms with E-state index in [1.54, 1.807) is 0 Å². The van der Waals surface area contributed by atoms with Crippen molar-refractivity contribution in [2.75, 3.05) is 17.6 Å². The lowest BCUT2D eigenvalue weighted by Crippen LogP contribution is -2.15. The second-order valence-corrected chi connectivity index (χ2v) is 5.35. The van der Waals surface area contributed by atoms with E-state index in [-0.39, 0.29) is 17.1 Å². The maximum absolute atomic E-state index is 11.0. The van der Waals surface area contributed by atoms with Gasteiger partial charge >= 0.3 is 5.69 Å². The van der Waals surface area contributed by atoms with Crippen LogP contribution in [0.15, 0.2) is 12.3 Å². The van der Waals surface area contributed by atoms with E-state index >= 15 is 0 Å². The molecule has 1 saturated heterocycles. The highest BCUT2D eigenvalue weighted by atomic mass is 32.2. The number of hydrogen-bond acceptors (Lipinski definition) is 6. The van der Waals surface area contributed by atoms with Gasteiger partial charge < -0.3 is 5.32 Å². The smallest absolute Gasteiger partial charge is 0.328 e. The molecule has 0 radical (unpaired) electrons. The summed E-state index contributed by atoms with van der Waals surface area (Å²) in [5.74, 6) is 1.33. The van der Waals surface area contributed by atoms with Crippen LogP contribution in [0.1, 0.15) is 18.4 Å². The van der Waals surface area contributed by atoms with Crippen LogP contribution in [-0.2, 0) is 0 Å². The Labute approximate surface area is 109 Å². The van der Waals surface area contributed by atoms with E-state index in [2.05, 4.69) is 10.3 Å². The molecule has 1 N–H and O–H groups in total. The van der Waals surface area contributed by atoms with Crippen LogP contribution in [0, 0.1) is 21.4 Å². The van der Waals surface area contributed by atoms with Crippen LogP contribution in [0.25, 0.3) is 0 Å². The number of hydrogen-bond donors (Lipinski definition) is 1. The van der Waals surface area contributed by atoms with Gasteiger partial charge in [-0.05, 0) is 24.7 Å². The number of nitriles is 1. The number of nitrogens with one attached hydrogen (secondary N) is 1. The summed E-state index contributed by atoms with van der Waals surface area (Å²) < 4.78 is 0. The summed E-state index contributed by atoms with van der Waals surface area (Å²) in [6.45, 7) is 0.646. The third kappa shape index (κ3) is 2.71. The van der Waals surface area contributed by atoms with Gasteiger partial charge in [-0.2, -0.15) is 17.0 Å². The van der Waals surface area contributed by atoms with Crippen molar-refractivity contribution in [1.82, 2.24) is 4.98 Å². The van der Waals surface area contributed by atoms with E-state index in [9.17, 15) is 10.1 Å².